The quantitative estimate of drug-likeness (QED) is 0.668. The van der Waals surface area contributed by atoms with Crippen molar-refractivity contribution in [2.24, 2.45) is 11.8 Å². The summed E-state index contributed by atoms with van der Waals surface area (Å²) >= 11 is 0. The third-order valence-corrected chi connectivity index (χ3v) is 2.50. The Bertz CT molecular complexity index is 552. The molecule has 0 fully saturated rings. The summed E-state index contributed by atoms with van der Waals surface area (Å²) in [4.78, 5) is 21.8. The molecule has 0 heterocycles. The van der Waals surface area contributed by atoms with Crippen LogP contribution in [-0.4, -0.2) is 10.8 Å². The van der Waals surface area contributed by atoms with E-state index in [9.17, 15) is 19.3 Å². The van der Waals surface area contributed by atoms with Crippen molar-refractivity contribution in [3.8, 4) is 6.07 Å². The Balaban J connectivity index is 3.06. The van der Waals surface area contributed by atoms with Crippen molar-refractivity contribution in [2.45, 2.75) is 13.8 Å². The number of rotatable bonds is 4. The summed E-state index contributed by atoms with van der Waals surface area (Å²) in [6, 6.07) is 4.55. The van der Waals surface area contributed by atoms with Gasteiger partial charge in [0.1, 0.15) is 17.4 Å². The van der Waals surface area contributed by atoms with Gasteiger partial charge >= 0.3 is 0 Å². The molecule has 0 radical (unpaired) electrons. The van der Waals surface area contributed by atoms with E-state index in [2.05, 4.69) is 5.32 Å². The maximum absolute atomic E-state index is 13.1. The summed E-state index contributed by atoms with van der Waals surface area (Å²) in [6.07, 6.45) is 0. The van der Waals surface area contributed by atoms with Gasteiger partial charge in [-0.15, -0.1) is 0 Å². The van der Waals surface area contributed by atoms with E-state index in [0.29, 0.717) is 0 Å². The fraction of sp³-hybridized carbons (Fsp3) is 0.333. The maximum Gasteiger partial charge on any atom is 0.292 e. The zero-order valence-electron chi connectivity index (χ0n) is 10.4. The molecule has 0 aliphatic rings. The van der Waals surface area contributed by atoms with Gasteiger partial charge < -0.3 is 5.32 Å². The first-order chi connectivity index (χ1) is 8.86. The monoisotopic (exact) mass is 265 g/mol. The second kappa shape index (κ2) is 5.91. The van der Waals surface area contributed by atoms with E-state index in [1.54, 1.807) is 13.8 Å². The zero-order valence-corrected chi connectivity index (χ0v) is 10.4. The fourth-order valence-electron chi connectivity index (χ4n) is 1.49. The normalized spacial score (nSPS) is 11.7. The Kier molecular flexibility index (Phi) is 4.53. The van der Waals surface area contributed by atoms with Crippen LogP contribution in [0.4, 0.5) is 15.8 Å². The van der Waals surface area contributed by atoms with Gasteiger partial charge in [0.25, 0.3) is 5.69 Å². The number of nitro benzene ring substituents is 1. The molecule has 6 nitrogen and oxygen atoms in total. The van der Waals surface area contributed by atoms with Crippen LogP contribution in [0.5, 0.6) is 0 Å². The van der Waals surface area contributed by atoms with Crippen molar-refractivity contribution in [1.29, 1.82) is 5.26 Å². The number of benzene rings is 1. The van der Waals surface area contributed by atoms with Crippen LogP contribution < -0.4 is 5.32 Å². The molecule has 0 saturated carbocycles. The lowest BCUT2D eigenvalue weighted by molar-refractivity contribution is -0.384. The van der Waals surface area contributed by atoms with Crippen LogP contribution in [0.3, 0.4) is 0 Å². The van der Waals surface area contributed by atoms with Crippen LogP contribution in [0.25, 0.3) is 0 Å². The average Bonchev–Trinajstić information content (AvgIpc) is 2.28. The molecule has 0 aliphatic heterocycles. The van der Waals surface area contributed by atoms with E-state index in [4.69, 9.17) is 5.26 Å². The van der Waals surface area contributed by atoms with Gasteiger partial charge in [0, 0.05) is 12.1 Å². The molecule has 0 saturated heterocycles. The van der Waals surface area contributed by atoms with Gasteiger partial charge in [0.05, 0.1) is 11.0 Å². The lowest BCUT2D eigenvalue weighted by Crippen LogP contribution is -2.26. The van der Waals surface area contributed by atoms with Crippen molar-refractivity contribution >= 4 is 17.3 Å². The number of nitriles is 1. The molecule has 1 N–H and O–H groups in total. The summed E-state index contributed by atoms with van der Waals surface area (Å²) in [6.45, 7) is 3.35. The van der Waals surface area contributed by atoms with Crippen LogP contribution in [0.2, 0.25) is 0 Å². The molecular formula is C12H12FN3O3. The molecule has 1 unspecified atom stereocenters. The van der Waals surface area contributed by atoms with Gasteiger partial charge in [-0.2, -0.15) is 5.26 Å². The third kappa shape index (κ3) is 3.48. The molecule has 1 rings (SSSR count). The Morgan fingerprint density at radius 2 is 2.16 bits per heavy atom. The summed E-state index contributed by atoms with van der Waals surface area (Å²) in [5.41, 5.74) is -0.675. The van der Waals surface area contributed by atoms with Crippen LogP contribution in [0.1, 0.15) is 13.8 Å². The molecule has 0 aromatic heterocycles. The van der Waals surface area contributed by atoms with Gasteiger partial charge in [-0.25, -0.2) is 4.39 Å². The van der Waals surface area contributed by atoms with Gasteiger partial charge in [0.15, 0.2) is 0 Å². The molecule has 0 spiro atoms. The summed E-state index contributed by atoms with van der Waals surface area (Å²) < 4.78 is 13.1. The molecular weight excluding hydrogens is 253 g/mol. The van der Waals surface area contributed by atoms with E-state index in [0.717, 1.165) is 18.2 Å². The van der Waals surface area contributed by atoms with E-state index in [-0.39, 0.29) is 11.6 Å². The van der Waals surface area contributed by atoms with Crippen LogP contribution in [-0.2, 0) is 4.79 Å². The van der Waals surface area contributed by atoms with Crippen molar-refractivity contribution in [1.82, 2.24) is 0 Å². The second-order valence-electron chi connectivity index (χ2n) is 4.26. The Labute approximate surface area is 109 Å². The number of carbonyl (C=O) groups excluding carboxylic acids is 1. The van der Waals surface area contributed by atoms with Crippen LogP contribution >= 0.6 is 0 Å². The Hall–Kier alpha value is -2.49. The third-order valence-electron chi connectivity index (χ3n) is 2.50. The molecule has 0 aliphatic carbocycles. The second-order valence-corrected chi connectivity index (χ2v) is 4.26. The van der Waals surface area contributed by atoms with Crippen molar-refractivity contribution in [2.75, 3.05) is 5.32 Å². The van der Waals surface area contributed by atoms with E-state index in [1.165, 1.54) is 0 Å². The largest absolute Gasteiger partial charge is 0.319 e. The lowest BCUT2D eigenvalue weighted by atomic mass is 9.96. The molecule has 100 valence electrons. The highest BCUT2D eigenvalue weighted by Gasteiger charge is 2.24. The molecule has 1 amide bonds. The van der Waals surface area contributed by atoms with Gasteiger partial charge in [-0.05, 0) is 12.0 Å². The molecule has 19 heavy (non-hydrogen) atoms. The number of nitrogens with one attached hydrogen (secondary N) is 1. The number of hydrogen-bond donors (Lipinski definition) is 1. The molecule has 0 bridgehead atoms. The SMILES string of the molecule is CC(C)C(C#N)C(=O)Nc1cc(F)ccc1[N+](=O)[O-]. The lowest BCUT2D eigenvalue weighted by Gasteiger charge is -2.13. The summed E-state index contributed by atoms with van der Waals surface area (Å²) in [5.74, 6) is -2.61. The fourth-order valence-corrected chi connectivity index (χ4v) is 1.49. The molecule has 1 aromatic rings. The van der Waals surface area contributed by atoms with Crippen molar-refractivity contribution in [3.63, 3.8) is 0 Å². The number of amides is 1. The summed E-state index contributed by atoms with van der Waals surface area (Å²) in [5, 5.41) is 21.8. The van der Waals surface area contributed by atoms with Crippen LogP contribution in [0, 0.1) is 39.1 Å². The average molecular weight is 265 g/mol. The minimum atomic E-state index is -0.956. The van der Waals surface area contributed by atoms with Gasteiger partial charge in [-0.1, -0.05) is 13.8 Å². The van der Waals surface area contributed by atoms with E-state index < -0.39 is 28.3 Å². The molecule has 7 heteroatoms. The minimum absolute atomic E-state index is 0.252. The molecule has 1 atom stereocenters. The van der Waals surface area contributed by atoms with Gasteiger partial charge in [0.2, 0.25) is 5.91 Å². The number of carbonyl (C=O) groups is 1. The smallest absolute Gasteiger partial charge is 0.292 e. The molecule has 1 aromatic carbocycles. The number of anilines is 1. The predicted molar refractivity (Wildman–Crippen MR) is 65.6 cm³/mol. The van der Waals surface area contributed by atoms with E-state index >= 15 is 0 Å². The minimum Gasteiger partial charge on any atom is -0.319 e. The highest BCUT2D eigenvalue weighted by Crippen LogP contribution is 2.26. The standard InChI is InChI=1S/C12H12FN3O3/c1-7(2)9(6-14)12(17)15-10-5-8(13)3-4-11(10)16(18)19/h3-5,7,9H,1-2H3,(H,15,17). The van der Waals surface area contributed by atoms with Crippen molar-refractivity contribution in [3.05, 3.63) is 34.1 Å². The number of nitrogens with zero attached hydrogens (tertiary/aromatic N) is 2. The first-order valence-corrected chi connectivity index (χ1v) is 5.51. The Morgan fingerprint density at radius 1 is 1.53 bits per heavy atom. The number of hydrogen-bond acceptors (Lipinski definition) is 4. The van der Waals surface area contributed by atoms with E-state index in [1.807, 2.05) is 6.07 Å². The van der Waals surface area contributed by atoms with Crippen molar-refractivity contribution < 1.29 is 14.1 Å². The maximum atomic E-state index is 13.1. The van der Waals surface area contributed by atoms with Crippen LogP contribution in [0.15, 0.2) is 18.2 Å². The first kappa shape index (κ1) is 14.6. The zero-order chi connectivity index (χ0) is 14.6. The van der Waals surface area contributed by atoms with Gasteiger partial charge in [-0.3, -0.25) is 14.9 Å². The number of nitro groups is 1. The summed E-state index contributed by atoms with van der Waals surface area (Å²) in [7, 11) is 0. The Morgan fingerprint density at radius 3 is 2.63 bits per heavy atom. The highest BCUT2D eigenvalue weighted by molar-refractivity contribution is 5.96. The number of halogens is 1. The highest BCUT2D eigenvalue weighted by atomic mass is 19.1. The topological polar surface area (TPSA) is 96.0 Å². The first-order valence-electron chi connectivity index (χ1n) is 5.51. The predicted octanol–water partition coefficient (Wildman–Crippen LogP) is 2.47.